The number of rotatable bonds is 3. The number of piperazine rings is 1. The van der Waals surface area contributed by atoms with Crippen LogP contribution in [0.3, 0.4) is 0 Å². The molecule has 2 nitrogen and oxygen atoms in total. The normalized spacial score (nSPS) is 25.7. The van der Waals surface area contributed by atoms with Crippen LogP contribution in [0.1, 0.15) is 40.5 Å². The Kier molecular flexibility index (Phi) is 4.63. The predicted molar refractivity (Wildman–Crippen MR) is 65.8 cm³/mol. The minimum Gasteiger partial charge on any atom is -0.309 e. The molecule has 1 fully saturated rings. The van der Waals surface area contributed by atoms with Crippen molar-refractivity contribution in [3.63, 3.8) is 0 Å². The highest BCUT2D eigenvalue weighted by atomic mass is 15.2. The summed E-state index contributed by atoms with van der Waals surface area (Å²) >= 11 is 0. The minimum absolute atomic E-state index is 0.255. The van der Waals surface area contributed by atoms with Gasteiger partial charge in [-0.3, -0.25) is 4.90 Å². The highest BCUT2D eigenvalue weighted by molar-refractivity contribution is 4.98. The summed E-state index contributed by atoms with van der Waals surface area (Å²) in [5.41, 5.74) is 0.255. The third-order valence-corrected chi connectivity index (χ3v) is 3.10. The van der Waals surface area contributed by atoms with Crippen molar-refractivity contribution in [3.8, 4) is 11.8 Å². The van der Waals surface area contributed by atoms with Gasteiger partial charge >= 0.3 is 0 Å². The van der Waals surface area contributed by atoms with E-state index in [1.165, 1.54) is 6.42 Å². The molecule has 0 amide bonds. The van der Waals surface area contributed by atoms with Crippen LogP contribution in [0, 0.1) is 11.8 Å². The molecule has 15 heavy (non-hydrogen) atoms. The molecule has 0 spiro atoms. The van der Waals surface area contributed by atoms with Crippen LogP contribution in [-0.4, -0.2) is 36.1 Å². The lowest BCUT2D eigenvalue weighted by molar-refractivity contribution is 0.0951. The first-order chi connectivity index (χ1) is 7.09. The third kappa shape index (κ3) is 3.85. The van der Waals surface area contributed by atoms with E-state index in [1.807, 2.05) is 6.92 Å². The van der Waals surface area contributed by atoms with Crippen LogP contribution in [0.15, 0.2) is 0 Å². The average Bonchev–Trinajstić information content (AvgIpc) is 2.17. The smallest absolute Gasteiger partial charge is 0.0252 e. The Hall–Kier alpha value is -0.520. The molecule has 1 saturated heterocycles. The van der Waals surface area contributed by atoms with Crippen molar-refractivity contribution in [1.82, 2.24) is 10.2 Å². The van der Waals surface area contributed by atoms with E-state index in [-0.39, 0.29) is 5.54 Å². The first-order valence-corrected chi connectivity index (χ1v) is 5.97. The maximum absolute atomic E-state index is 3.60. The van der Waals surface area contributed by atoms with E-state index in [4.69, 9.17) is 0 Å². The van der Waals surface area contributed by atoms with Gasteiger partial charge in [0.2, 0.25) is 0 Å². The van der Waals surface area contributed by atoms with Crippen LogP contribution in [0.5, 0.6) is 0 Å². The molecule has 0 aromatic carbocycles. The molecule has 2 heteroatoms. The average molecular weight is 208 g/mol. The second-order valence-electron chi connectivity index (χ2n) is 4.97. The second-order valence-corrected chi connectivity index (χ2v) is 4.97. The Morgan fingerprint density at radius 3 is 2.80 bits per heavy atom. The summed E-state index contributed by atoms with van der Waals surface area (Å²) in [6.45, 7) is 12.1. The fourth-order valence-electron chi connectivity index (χ4n) is 2.20. The molecule has 1 rings (SSSR count). The quantitative estimate of drug-likeness (QED) is 0.712. The minimum atomic E-state index is 0.255. The summed E-state index contributed by atoms with van der Waals surface area (Å²) < 4.78 is 0. The summed E-state index contributed by atoms with van der Waals surface area (Å²) in [6, 6.07) is 0.691. The molecule has 0 saturated carbocycles. The van der Waals surface area contributed by atoms with Gasteiger partial charge in [0.05, 0.1) is 0 Å². The Labute approximate surface area is 94.4 Å². The van der Waals surface area contributed by atoms with Crippen molar-refractivity contribution in [3.05, 3.63) is 0 Å². The van der Waals surface area contributed by atoms with Crippen LogP contribution in [0.25, 0.3) is 0 Å². The Morgan fingerprint density at radius 2 is 2.20 bits per heavy atom. The fraction of sp³-hybridized carbons (Fsp3) is 0.846. The second kappa shape index (κ2) is 5.53. The summed E-state index contributed by atoms with van der Waals surface area (Å²) in [7, 11) is 0. The van der Waals surface area contributed by atoms with Gasteiger partial charge in [-0.2, -0.15) is 0 Å². The van der Waals surface area contributed by atoms with Crippen LogP contribution in [0.4, 0.5) is 0 Å². The van der Waals surface area contributed by atoms with E-state index in [2.05, 4.69) is 42.8 Å². The maximum Gasteiger partial charge on any atom is 0.0252 e. The molecule has 1 unspecified atom stereocenters. The van der Waals surface area contributed by atoms with Crippen molar-refractivity contribution in [2.75, 3.05) is 19.6 Å². The molecule has 86 valence electrons. The highest BCUT2D eigenvalue weighted by Crippen LogP contribution is 2.16. The maximum atomic E-state index is 3.60. The first-order valence-electron chi connectivity index (χ1n) is 5.97. The molecule has 1 atom stereocenters. The zero-order valence-corrected chi connectivity index (χ0v) is 10.6. The zero-order chi connectivity index (χ0) is 11.3. The number of nitrogens with zero attached hydrogens (tertiary/aromatic N) is 1. The van der Waals surface area contributed by atoms with E-state index < -0.39 is 0 Å². The van der Waals surface area contributed by atoms with Crippen molar-refractivity contribution in [1.29, 1.82) is 0 Å². The lowest BCUT2D eigenvalue weighted by Crippen LogP contribution is -2.61. The Bertz CT molecular complexity index is 247. The topological polar surface area (TPSA) is 15.3 Å². The Morgan fingerprint density at radius 1 is 1.47 bits per heavy atom. The van der Waals surface area contributed by atoms with Gasteiger partial charge in [0.1, 0.15) is 0 Å². The summed E-state index contributed by atoms with van der Waals surface area (Å²) in [5, 5.41) is 3.60. The van der Waals surface area contributed by atoms with Crippen molar-refractivity contribution < 1.29 is 0 Å². The van der Waals surface area contributed by atoms with E-state index in [1.54, 1.807) is 0 Å². The largest absolute Gasteiger partial charge is 0.309 e. The molecule has 0 aromatic rings. The van der Waals surface area contributed by atoms with Gasteiger partial charge in [0.25, 0.3) is 0 Å². The summed E-state index contributed by atoms with van der Waals surface area (Å²) in [5.74, 6) is 6.12. The molecule has 0 bridgehead atoms. The summed E-state index contributed by atoms with van der Waals surface area (Å²) in [6.07, 6.45) is 2.23. The summed E-state index contributed by atoms with van der Waals surface area (Å²) in [4.78, 5) is 2.58. The monoisotopic (exact) mass is 208 g/mol. The van der Waals surface area contributed by atoms with Crippen molar-refractivity contribution >= 4 is 0 Å². The van der Waals surface area contributed by atoms with Crippen LogP contribution in [-0.2, 0) is 0 Å². The van der Waals surface area contributed by atoms with E-state index in [9.17, 15) is 0 Å². The number of nitrogens with one attached hydrogen (secondary N) is 1. The zero-order valence-electron chi connectivity index (χ0n) is 10.6. The third-order valence-electron chi connectivity index (χ3n) is 3.10. The van der Waals surface area contributed by atoms with Gasteiger partial charge in [0.15, 0.2) is 0 Å². The lowest BCUT2D eigenvalue weighted by Gasteiger charge is -2.44. The fourth-order valence-corrected chi connectivity index (χ4v) is 2.20. The van der Waals surface area contributed by atoms with Gasteiger partial charge in [0, 0.05) is 37.6 Å². The van der Waals surface area contributed by atoms with Gasteiger partial charge in [-0.15, -0.1) is 11.8 Å². The number of hydrogen-bond acceptors (Lipinski definition) is 2. The Balaban J connectivity index is 2.50. The van der Waals surface area contributed by atoms with E-state index in [0.717, 1.165) is 26.1 Å². The predicted octanol–water partition coefficient (Wildman–Crippen LogP) is 1.86. The van der Waals surface area contributed by atoms with Gasteiger partial charge in [-0.25, -0.2) is 0 Å². The SMILES string of the molecule is CC#CCCN1CC(C)(C)NCC1CC. The van der Waals surface area contributed by atoms with E-state index >= 15 is 0 Å². The molecule has 0 radical (unpaired) electrons. The molecule has 1 N–H and O–H groups in total. The molecule has 0 aromatic heterocycles. The molecular formula is C13H24N2. The number of hydrogen-bond donors (Lipinski definition) is 1. The van der Waals surface area contributed by atoms with E-state index in [0.29, 0.717) is 6.04 Å². The van der Waals surface area contributed by atoms with Crippen LogP contribution < -0.4 is 5.32 Å². The van der Waals surface area contributed by atoms with Crippen LogP contribution >= 0.6 is 0 Å². The first kappa shape index (κ1) is 12.5. The van der Waals surface area contributed by atoms with Gasteiger partial charge < -0.3 is 5.32 Å². The van der Waals surface area contributed by atoms with Crippen LogP contribution in [0.2, 0.25) is 0 Å². The molecule has 1 aliphatic rings. The lowest BCUT2D eigenvalue weighted by atomic mass is 9.97. The van der Waals surface area contributed by atoms with Crippen molar-refractivity contribution in [2.24, 2.45) is 0 Å². The van der Waals surface area contributed by atoms with Gasteiger partial charge in [-0.1, -0.05) is 6.92 Å². The van der Waals surface area contributed by atoms with Crippen molar-refractivity contribution in [2.45, 2.75) is 52.1 Å². The molecular weight excluding hydrogens is 184 g/mol. The van der Waals surface area contributed by atoms with Gasteiger partial charge in [-0.05, 0) is 27.2 Å². The molecule has 0 aliphatic carbocycles. The standard InChI is InChI=1S/C13H24N2/c1-5-7-8-9-15-11-13(3,4)14-10-12(15)6-2/h12,14H,6,8-11H2,1-4H3. The molecule has 1 aliphatic heterocycles. The molecule has 1 heterocycles. The highest BCUT2D eigenvalue weighted by Gasteiger charge is 2.30.